The van der Waals surface area contributed by atoms with Crippen molar-refractivity contribution in [2.75, 3.05) is 7.05 Å². The fourth-order valence-electron chi connectivity index (χ4n) is 3.33. The van der Waals surface area contributed by atoms with Crippen molar-refractivity contribution in [1.82, 2.24) is 5.32 Å². The topological polar surface area (TPSA) is 24.4 Å². The van der Waals surface area contributed by atoms with Gasteiger partial charge in [0.05, 0.1) is 11.8 Å². The van der Waals surface area contributed by atoms with E-state index in [1.54, 1.807) is 12.1 Å². The van der Waals surface area contributed by atoms with Gasteiger partial charge in [0.2, 0.25) is 0 Å². The van der Waals surface area contributed by atoms with Gasteiger partial charge in [-0.05, 0) is 49.6 Å². The highest BCUT2D eigenvalue weighted by atomic mass is 19.1. The van der Waals surface area contributed by atoms with Crippen LogP contribution in [-0.2, 0) is 0 Å². The molecule has 132 valence electrons. The van der Waals surface area contributed by atoms with Crippen LogP contribution in [0.5, 0.6) is 0 Å². The molecule has 0 fully saturated rings. The van der Waals surface area contributed by atoms with Gasteiger partial charge in [-0.3, -0.25) is 4.99 Å². The second kappa shape index (κ2) is 8.61. The molecule has 2 rings (SSSR count). The van der Waals surface area contributed by atoms with Crippen LogP contribution in [-0.4, -0.2) is 18.8 Å². The largest absolute Gasteiger partial charge is 0.392 e. The van der Waals surface area contributed by atoms with E-state index in [4.69, 9.17) is 4.99 Å². The highest BCUT2D eigenvalue weighted by Gasteiger charge is 2.30. The van der Waals surface area contributed by atoms with E-state index in [0.29, 0.717) is 6.42 Å². The van der Waals surface area contributed by atoms with E-state index in [9.17, 15) is 4.39 Å². The Kier molecular flexibility index (Phi) is 6.51. The van der Waals surface area contributed by atoms with Crippen molar-refractivity contribution in [2.24, 2.45) is 4.99 Å². The lowest BCUT2D eigenvalue weighted by Gasteiger charge is -2.32. The van der Waals surface area contributed by atoms with E-state index in [-0.39, 0.29) is 17.8 Å². The van der Waals surface area contributed by atoms with E-state index < -0.39 is 0 Å². The number of benzene rings is 1. The van der Waals surface area contributed by atoms with E-state index in [1.807, 2.05) is 32.2 Å². The fraction of sp³-hybridized carbons (Fsp3) is 0.318. The molecule has 1 N–H and O–H groups in total. The second-order valence-electron chi connectivity index (χ2n) is 6.38. The van der Waals surface area contributed by atoms with Crippen LogP contribution >= 0.6 is 0 Å². The van der Waals surface area contributed by atoms with Gasteiger partial charge in [-0.15, -0.1) is 0 Å². The monoisotopic (exact) mass is 338 g/mol. The van der Waals surface area contributed by atoms with Gasteiger partial charge in [-0.1, -0.05) is 37.5 Å². The van der Waals surface area contributed by atoms with Gasteiger partial charge in [0.15, 0.2) is 0 Å². The van der Waals surface area contributed by atoms with Crippen molar-refractivity contribution in [1.29, 1.82) is 0 Å². The van der Waals surface area contributed by atoms with Gasteiger partial charge in [-0.2, -0.15) is 0 Å². The highest BCUT2D eigenvalue weighted by Crippen LogP contribution is 2.37. The molecule has 0 amide bonds. The summed E-state index contributed by atoms with van der Waals surface area (Å²) < 4.78 is 14.0. The molecule has 0 aliphatic carbocycles. The SMILES string of the molecule is C=CC1=NC(CC(=C)NC)C(CCC(=C)/C=C\C)c2cc(F)ccc21. The van der Waals surface area contributed by atoms with Crippen LogP contribution in [0.25, 0.3) is 0 Å². The molecular weight excluding hydrogens is 311 g/mol. The minimum Gasteiger partial charge on any atom is -0.392 e. The van der Waals surface area contributed by atoms with E-state index in [1.165, 1.54) is 6.07 Å². The third-order valence-corrected chi connectivity index (χ3v) is 4.64. The molecule has 3 heteroatoms. The lowest BCUT2D eigenvalue weighted by molar-refractivity contribution is 0.483. The predicted octanol–water partition coefficient (Wildman–Crippen LogP) is 5.30. The number of fused-ring (bicyclic) bond motifs is 1. The molecule has 0 radical (unpaired) electrons. The third kappa shape index (κ3) is 4.56. The van der Waals surface area contributed by atoms with Gasteiger partial charge in [0.25, 0.3) is 0 Å². The first kappa shape index (κ1) is 18.9. The molecule has 0 aromatic heterocycles. The Labute approximate surface area is 150 Å². The maximum absolute atomic E-state index is 14.0. The van der Waals surface area contributed by atoms with Crippen molar-refractivity contribution >= 4 is 5.71 Å². The number of nitrogens with one attached hydrogen (secondary N) is 1. The number of hydrogen-bond acceptors (Lipinski definition) is 2. The van der Waals surface area contributed by atoms with Crippen LogP contribution in [0.2, 0.25) is 0 Å². The molecule has 25 heavy (non-hydrogen) atoms. The summed E-state index contributed by atoms with van der Waals surface area (Å²) in [5.41, 5.74) is 4.81. The minimum atomic E-state index is -0.215. The average Bonchev–Trinajstić information content (AvgIpc) is 2.60. The molecule has 2 unspecified atom stereocenters. The Morgan fingerprint density at radius 1 is 1.36 bits per heavy atom. The van der Waals surface area contributed by atoms with Crippen LogP contribution < -0.4 is 5.32 Å². The van der Waals surface area contributed by atoms with E-state index >= 15 is 0 Å². The Hall–Kier alpha value is -2.42. The quantitative estimate of drug-likeness (QED) is 0.639. The van der Waals surface area contributed by atoms with E-state index in [0.717, 1.165) is 41.0 Å². The third-order valence-electron chi connectivity index (χ3n) is 4.64. The lowest BCUT2D eigenvalue weighted by atomic mass is 9.79. The van der Waals surface area contributed by atoms with Crippen molar-refractivity contribution in [3.05, 3.63) is 84.4 Å². The molecule has 2 nitrogen and oxygen atoms in total. The van der Waals surface area contributed by atoms with Crippen molar-refractivity contribution < 1.29 is 4.39 Å². The van der Waals surface area contributed by atoms with Crippen molar-refractivity contribution in [3.63, 3.8) is 0 Å². The molecule has 2 atom stereocenters. The Morgan fingerprint density at radius 3 is 2.76 bits per heavy atom. The van der Waals surface area contributed by atoms with Crippen LogP contribution in [0, 0.1) is 5.82 Å². The summed E-state index contributed by atoms with van der Waals surface area (Å²) >= 11 is 0. The summed E-state index contributed by atoms with van der Waals surface area (Å²) in [6.07, 6.45) is 8.20. The number of aliphatic imine (C=N–C) groups is 1. The fourth-order valence-corrected chi connectivity index (χ4v) is 3.33. The van der Waals surface area contributed by atoms with Crippen LogP contribution in [0.4, 0.5) is 4.39 Å². The predicted molar refractivity (Wildman–Crippen MR) is 106 cm³/mol. The molecule has 1 aromatic rings. The molecule has 0 saturated heterocycles. The molecule has 1 aromatic carbocycles. The molecule has 0 saturated carbocycles. The van der Waals surface area contributed by atoms with Crippen LogP contribution in [0.3, 0.4) is 0 Å². The maximum atomic E-state index is 14.0. The van der Waals surface area contributed by atoms with Crippen LogP contribution in [0.15, 0.2) is 72.4 Å². The summed E-state index contributed by atoms with van der Waals surface area (Å²) in [5, 5.41) is 3.09. The Morgan fingerprint density at radius 2 is 2.12 bits per heavy atom. The van der Waals surface area contributed by atoms with Crippen molar-refractivity contribution in [3.8, 4) is 0 Å². The molecule has 0 spiro atoms. The summed E-state index contributed by atoms with van der Waals surface area (Å²) in [6.45, 7) is 14.0. The molecule has 0 bridgehead atoms. The first-order chi connectivity index (χ1) is 12.0. The van der Waals surface area contributed by atoms with Gasteiger partial charge in [0, 0.05) is 30.6 Å². The maximum Gasteiger partial charge on any atom is 0.123 e. The first-order valence-electron chi connectivity index (χ1n) is 8.66. The van der Waals surface area contributed by atoms with Gasteiger partial charge >= 0.3 is 0 Å². The molecule has 1 heterocycles. The van der Waals surface area contributed by atoms with E-state index in [2.05, 4.69) is 25.1 Å². The van der Waals surface area contributed by atoms with Gasteiger partial charge < -0.3 is 5.32 Å². The zero-order valence-corrected chi connectivity index (χ0v) is 15.2. The Bertz CT molecular complexity index is 728. The number of halogens is 1. The highest BCUT2D eigenvalue weighted by molar-refractivity contribution is 6.10. The molecule has 1 aliphatic heterocycles. The number of rotatable bonds is 8. The molecular formula is C22H27FN2. The summed E-state index contributed by atoms with van der Waals surface area (Å²) in [4.78, 5) is 4.89. The summed E-state index contributed by atoms with van der Waals surface area (Å²) in [7, 11) is 1.86. The van der Waals surface area contributed by atoms with Crippen molar-refractivity contribution in [2.45, 2.75) is 38.1 Å². The molecule has 1 aliphatic rings. The normalized spacial score (nSPS) is 19.2. The smallest absolute Gasteiger partial charge is 0.123 e. The summed E-state index contributed by atoms with van der Waals surface area (Å²) in [5.74, 6) is -0.0889. The van der Waals surface area contributed by atoms with Gasteiger partial charge in [0.1, 0.15) is 5.82 Å². The second-order valence-corrected chi connectivity index (χ2v) is 6.38. The lowest BCUT2D eigenvalue weighted by Crippen LogP contribution is -2.28. The first-order valence-corrected chi connectivity index (χ1v) is 8.66. The zero-order valence-electron chi connectivity index (χ0n) is 15.2. The van der Waals surface area contributed by atoms with Gasteiger partial charge in [-0.25, -0.2) is 4.39 Å². The zero-order chi connectivity index (χ0) is 18.4. The number of nitrogens with zero attached hydrogens (tertiary/aromatic N) is 1. The van der Waals surface area contributed by atoms with Crippen LogP contribution in [0.1, 0.15) is 43.2 Å². The average molecular weight is 338 g/mol. The standard InChI is InChI=1S/C22H27FN2/c1-6-8-15(3)9-11-19-20-14-17(23)10-12-18(20)21(7-2)25-22(19)13-16(4)24-5/h6-8,10,12,14,19,22,24H,2-4,9,11,13H2,1,5H3/b8-6-. The number of hydrogen-bond donors (Lipinski definition) is 1. The Balaban J connectivity index is 2.40. The minimum absolute atomic E-state index is 0.0145. The summed E-state index contributed by atoms with van der Waals surface area (Å²) in [6, 6.07) is 4.95. The number of allylic oxidation sites excluding steroid dienone is 4.